The van der Waals surface area contributed by atoms with Gasteiger partial charge in [-0.3, -0.25) is 9.69 Å². The van der Waals surface area contributed by atoms with E-state index < -0.39 is 0 Å². The van der Waals surface area contributed by atoms with Gasteiger partial charge < -0.3 is 14.4 Å². The Balaban J connectivity index is 1.95. The maximum Gasteiger partial charge on any atom is 0.225 e. The van der Waals surface area contributed by atoms with Gasteiger partial charge in [0.2, 0.25) is 5.91 Å². The van der Waals surface area contributed by atoms with Crippen LogP contribution in [-0.4, -0.2) is 56.1 Å². The first-order valence-corrected chi connectivity index (χ1v) is 8.84. The van der Waals surface area contributed by atoms with Gasteiger partial charge in [-0.1, -0.05) is 13.8 Å². The third-order valence-corrected chi connectivity index (χ3v) is 4.90. The van der Waals surface area contributed by atoms with Crippen molar-refractivity contribution in [1.82, 2.24) is 9.80 Å². The van der Waals surface area contributed by atoms with Crippen LogP contribution in [0.15, 0.2) is 18.2 Å². The summed E-state index contributed by atoms with van der Waals surface area (Å²) < 4.78 is 10.8. The van der Waals surface area contributed by atoms with Crippen molar-refractivity contribution in [2.75, 3.05) is 40.4 Å². The fourth-order valence-corrected chi connectivity index (χ4v) is 3.27. The number of rotatable bonds is 7. The summed E-state index contributed by atoms with van der Waals surface area (Å²) in [5, 5.41) is 0. The van der Waals surface area contributed by atoms with Crippen molar-refractivity contribution in [2.24, 2.45) is 5.92 Å². The van der Waals surface area contributed by atoms with Gasteiger partial charge in [-0.25, -0.2) is 0 Å². The van der Waals surface area contributed by atoms with Gasteiger partial charge in [0.05, 0.1) is 14.2 Å². The number of amides is 1. The largest absolute Gasteiger partial charge is 0.497 e. The van der Waals surface area contributed by atoms with Gasteiger partial charge in [-0.2, -0.15) is 0 Å². The van der Waals surface area contributed by atoms with Crippen molar-refractivity contribution >= 4 is 5.91 Å². The molecule has 0 N–H and O–H groups in total. The molecule has 1 amide bonds. The monoisotopic (exact) mass is 334 g/mol. The van der Waals surface area contributed by atoms with Crippen molar-refractivity contribution in [3.63, 3.8) is 0 Å². The van der Waals surface area contributed by atoms with E-state index in [-0.39, 0.29) is 5.92 Å². The van der Waals surface area contributed by atoms with E-state index in [0.29, 0.717) is 5.91 Å². The lowest BCUT2D eigenvalue weighted by Crippen LogP contribution is -2.49. The quantitative estimate of drug-likeness (QED) is 0.769. The van der Waals surface area contributed by atoms with Crippen LogP contribution in [0.1, 0.15) is 32.3 Å². The molecule has 1 aromatic rings. The summed E-state index contributed by atoms with van der Waals surface area (Å²) in [7, 11) is 3.37. The molecule has 1 aromatic carbocycles. The summed E-state index contributed by atoms with van der Waals surface area (Å²) in [6.07, 6.45) is 1.85. The molecule has 0 radical (unpaired) electrons. The van der Waals surface area contributed by atoms with Crippen LogP contribution >= 0.6 is 0 Å². The van der Waals surface area contributed by atoms with Crippen LogP contribution in [0.2, 0.25) is 0 Å². The highest BCUT2D eigenvalue weighted by Gasteiger charge is 2.25. The second kappa shape index (κ2) is 8.92. The molecule has 1 heterocycles. The molecule has 2 rings (SSSR count). The third kappa shape index (κ3) is 4.41. The second-order valence-electron chi connectivity index (χ2n) is 6.29. The number of nitrogens with zero attached hydrogens (tertiary/aromatic N) is 2. The molecule has 0 unspecified atom stereocenters. The second-order valence-corrected chi connectivity index (χ2v) is 6.29. The number of piperazine rings is 1. The van der Waals surface area contributed by atoms with Crippen LogP contribution in [0, 0.1) is 5.92 Å². The van der Waals surface area contributed by atoms with Gasteiger partial charge in [-0.15, -0.1) is 0 Å². The summed E-state index contributed by atoms with van der Waals surface area (Å²) in [5.74, 6) is 2.22. The summed E-state index contributed by atoms with van der Waals surface area (Å²) in [5.41, 5.74) is 1.12. The highest BCUT2D eigenvalue weighted by molar-refractivity contribution is 5.78. The van der Waals surface area contributed by atoms with Gasteiger partial charge in [-0.05, 0) is 31.0 Å². The molecule has 0 saturated carbocycles. The molecule has 1 aliphatic heterocycles. The van der Waals surface area contributed by atoms with Crippen molar-refractivity contribution in [1.29, 1.82) is 0 Å². The first-order valence-electron chi connectivity index (χ1n) is 8.84. The normalized spacial score (nSPS) is 15.6. The lowest BCUT2D eigenvalue weighted by Gasteiger charge is -2.36. The molecule has 24 heavy (non-hydrogen) atoms. The number of ether oxygens (including phenoxy) is 2. The van der Waals surface area contributed by atoms with Crippen LogP contribution in [0.25, 0.3) is 0 Å². The van der Waals surface area contributed by atoms with Gasteiger partial charge in [0.15, 0.2) is 0 Å². The Morgan fingerprint density at radius 2 is 1.75 bits per heavy atom. The molecule has 1 fully saturated rings. The molecule has 0 atom stereocenters. The Morgan fingerprint density at radius 3 is 2.29 bits per heavy atom. The van der Waals surface area contributed by atoms with E-state index in [4.69, 9.17) is 9.47 Å². The number of carbonyl (C=O) groups excluding carboxylic acids is 1. The Bertz CT molecular complexity index is 535. The van der Waals surface area contributed by atoms with E-state index in [2.05, 4.69) is 18.7 Å². The molecule has 5 nitrogen and oxygen atoms in total. The maximum atomic E-state index is 12.5. The Kier molecular flexibility index (Phi) is 6.91. The Labute approximate surface area is 145 Å². The fraction of sp³-hybridized carbons (Fsp3) is 0.632. The van der Waals surface area contributed by atoms with E-state index in [0.717, 1.165) is 62.6 Å². The van der Waals surface area contributed by atoms with Crippen LogP contribution in [0.3, 0.4) is 0 Å². The predicted octanol–water partition coefficient (Wildman–Crippen LogP) is 2.78. The smallest absolute Gasteiger partial charge is 0.225 e. The zero-order valence-electron chi connectivity index (χ0n) is 15.4. The zero-order chi connectivity index (χ0) is 17.5. The van der Waals surface area contributed by atoms with Crippen LogP contribution in [0.5, 0.6) is 11.5 Å². The third-order valence-electron chi connectivity index (χ3n) is 4.90. The molecular weight excluding hydrogens is 304 g/mol. The van der Waals surface area contributed by atoms with Crippen molar-refractivity contribution in [3.05, 3.63) is 23.8 Å². The molecule has 0 aromatic heterocycles. The van der Waals surface area contributed by atoms with Gasteiger partial charge in [0.1, 0.15) is 11.5 Å². The summed E-state index contributed by atoms with van der Waals surface area (Å²) >= 11 is 0. The Morgan fingerprint density at radius 1 is 1.08 bits per heavy atom. The lowest BCUT2D eigenvalue weighted by atomic mass is 10.0. The average molecular weight is 334 g/mol. The molecule has 1 aliphatic rings. The number of hydrogen-bond acceptors (Lipinski definition) is 4. The average Bonchev–Trinajstić information content (AvgIpc) is 2.63. The highest BCUT2D eigenvalue weighted by atomic mass is 16.5. The predicted molar refractivity (Wildman–Crippen MR) is 95.5 cm³/mol. The minimum atomic E-state index is 0.176. The lowest BCUT2D eigenvalue weighted by molar-refractivity contribution is -0.137. The zero-order valence-corrected chi connectivity index (χ0v) is 15.4. The number of hydrogen-bond donors (Lipinski definition) is 0. The molecule has 1 saturated heterocycles. The van der Waals surface area contributed by atoms with Crippen molar-refractivity contribution in [3.8, 4) is 11.5 Å². The van der Waals surface area contributed by atoms with Crippen LogP contribution < -0.4 is 9.47 Å². The SMILES string of the molecule is CCC(CC)C(=O)N1CCN(Cc2cc(OC)ccc2OC)CC1. The van der Waals surface area contributed by atoms with E-state index in [1.165, 1.54) is 0 Å². The van der Waals surface area contributed by atoms with Crippen LogP contribution in [0.4, 0.5) is 0 Å². The van der Waals surface area contributed by atoms with Gasteiger partial charge in [0.25, 0.3) is 0 Å². The molecule has 0 spiro atoms. The first kappa shape index (κ1) is 18.6. The Hall–Kier alpha value is -1.75. The fourth-order valence-electron chi connectivity index (χ4n) is 3.27. The molecule has 134 valence electrons. The number of methoxy groups -OCH3 is 2. The standard InChI is InChI=1S/C19H30N2O3/c1-5-15(6-2)19(22)21-11-9-20(10-12-21)14-16-13-17(23-3)7-8-18(16)24-4/h7-8,13,15H,5-6,9-12,14H2,1-4H3. The maximum absolute atomic E-state index is 12.5. The summed E-state index contributed by atoms with van der Waals surface area (Å²) in [4.78, 5) is 16.9. The van der Waals surface area contributed by atoms with Crippen molar-refractivity contribution < 1.29 is 14.3 Å². The highest BCUT2D eigenvalue weighted by Crippen LogP contribution is 2.26. The number of benzene rings is 1. The minimum Gasteiger partial charge on any atom is -0.497 e. The van der Waals surface area contributed by atoms with Gasteiger partial charge >= 0.3 is 0 Å². The molecule has 5 heteroatoms. The first-order chi connectivity index (χ1) is 11.6. The van der Waals surface area contributed by atoms with Crippen molar-refractivity contribution in [2.45, 2.75) is 33.2 Å². The van der Waals surface area contributed by atoms with E-state index in [9.17, 15) is 4.79 Å². The summed E-state index contributed by atoms with van der Waals surface area (Å²) in [6.45, 7) is 8.41. The minimum absolute atomic E-state index is 0.176. The van der Waals surface area contributed by atoms with E-state index >= 15 is 0 Å². The number of carbonyl (C=O) groups is 1. The van der Waals surface area contributed by atoms with Gasteiger partial charge in [0, 0.05) is 44.2 Å². The van der Waals surface area contributed by atoms with E-state index in [1.54, 1.807) is 14.2 Å². The van der Waals surface area contributed by atoms with E-state index in [1.807, 2.05) is 23.1 Å². The molecule has 0 bridgehead atoms. The van der Waals surface area contributed by atoms with Crippen LogP contribution in [-0.2, 0) is 11.3 Å². The summed E-state index contributed by atoms with van der Waals surface area (Å²) in [6, 6.07) is 5.89. The topological polar surface area (TPSA) is 42.0 Å². The molecule has 0 aliphatic carbocycles. The molecular formula is C19H30N2O3.